The molecule has 2 aliphatic rings. The minimum absolute atomic E-state index is 0.479. The van der Waals surface area contributed by atoms with Crippen molar-refractivity contribution in [1.82, 2.24) is 30.4 Å². The fourth-order valence-electron chi connectivity index (χ4n) is 1.65. The first-order valence-corrected chi connectivity index (χ1v) is 5.25. The van der Waals surface area contributed by atoms with E-state index in [0.29, 0.717) is 11.5 Å². The van der Waals surface area contributed by atoms with Gasteiger partial charge < -0.3 is 0 Å². The molecule has 2 heterocycles. The molecule has 2 aliphatic heterocycles. The van der Waals surface area contributed by atoms with E-state index in [9.17, 15) is 0 Å². The lowest BCUT2D eigenvalue weighted by Gasteiger charge is -2.06. The van der Waals surface area contributed by atoms with E-state index in [1.165, 1.54) is 4.80 Å². The Morgan fingerprint density at radius 3 is 2.65 bits per heavy atom. The quantitative estimate of drug-likeness (QED) is 0.623. The minimum atomic E-state index is 0.479. The van der Waals surface area contributed by atoms with Crippen LogP contribution in [0.2, 0.25) is 0 Å². The number of fused-ring (bicyclic) bond motifs is 1. The van der Waals surface area contributed by atoms with Gasteiger partial charge in [-0.1, -0.05) is 18.2 Å². The molecule has 0 radical (unpaired) electrons. The van der Waals surface area contributed by atoms with Crippen LogP contribution in [0.1, 0.15) is 11.3 Å². The molecule has 0 amide bonds. The van der Waals surface area contributed by atoms with Gasteiger partial charge in [-0.2, -0.15) is 5.10 Å². The topological polar surface area (TPSA) is 69.4 Å². The number of aryl methyl sites for hydroxylation is 2. The number of benzene rings is 1. The van der Waals surface area contributed by atoms with Gasteiger partial charge in [0.05, 0.1) is 11.4 Å². The zero-order valence-corrected chi connectivity index (χ0v) is 9.49. The van der Waals surface area contributed by atoms with Crippen molar-refractivity contribution in [1.29, 1.82) is 0 Å². The van der Waals surface area contributed by atoms with Crippen molar-refractivity contribution in [3.8, 4) is 17.2 Å². The fraction of sp³-hybridized carbons (Fsp3) is 0.182. The van der Waals surface area contributed by atoms with Crippen LogP contribution < -0.4 is 0 Å². The molecule has 0 unspecified atom stereocenters. The molecule has 0 bridgehead atoms. The Balaban J connectivity index is 2.22. The first kappa shape index (κ1) is 9.83. The van der Waals surface area contributed by atoms with Crippen LogP contribution in [0, 0.1) is 13.8 Å². The zero-order chi connectivity index (χ0) is 11.8. The average Bonchev–Trinajstić information content (AvgIpc) is 2.71. The van der Waals surface area contributed by atoms with Gasteiger partial charge in [0.1, 0.15) is 0 Å². The third-order valence-electron chi connectivity index (χ3n) is 2.60. The second kappa shape index (κ2) is 3.58. The summed E-state index contributed by atoms with van der Waals surface area (Å²) in [5, 5.41) is 20.2. The average molecular weight is 226 g/mol. The van der Waals surface area contributed by atoms with Crippen molar-refractivity contribution in [2.45, 2.75) is 13.8 Å². The SMILES string of the molecule is Cc1ccccc1-n1nnc2nnc(C)c-2n1. The molecule has 6 nitrogen and oxygen atoms in total. The van der Waals surface area contributed by atoms with E-state index in [1.54, 1.807) is 0 Å². The van der Waals surface area contributed by atoms with Crippen molar-refractivity contribution in [3.05, 3.63) is 35.5 Å². The maximum atomic E-state index is 4.38. The number of aromatic nitrogens is 6. The summed E-state index contributed by atoms with van der Waals surface area (Å²) in [6, 6.07) is 7.87. The maximum Gasteiger partial charge on any atom is 0.227 e. The summed E-state index contributed by atoms with van der Waals surface area (Å²) in [5.74, 6) is 0.479. The molecule has 0 spiro atoms. The highest BCUT2D eigenvalue weighted by Gasteiger charge is 2.15. The van der Waals surface area contributed by atoms with Crippen LogP contribution in [0.25, 0.3) is 17.2 Å². The predicted molar refractivity (Wildman–Crippen MR) is 60.8 cm³/mol. The van der Waals surface area contributed by atoms with E-state index < -0.39 is 0 Å². The molecule has 0 saturated heterocycles. The van der Waals surface area contributed by atoms with Gasteiger partial charge in [-0.25, -0.2) is 0 Å². The summed E-state index contributed by atoms with van der Waals surface area (Å²) >= 11 is 0. The number of rotatable bonds is 1. The highest BCUT2D eigenvalue weighted by atomic mass is 15.6. The summed E-state index contributed by atoms with van der Waals surface area (Å²) in [6.07, 6.45) is 0. The number of para-hydroxylation sites is 1. The number of hydrogen-bond acceptors (Lipinski definition) is 5. The van der Waals surface area contributed by atoms with Crippen LogP contribution in [-0.2, 0) is 0 Å². The minimum Gasteiger partial charge on any atom is -0.151 e. The van der Waals surface area contributed by atoms with E-state index in [2.05, 4.69) is 25.6 Å². The van der Waals surface area contributed by atoms with Gasteiger partial charge in [0.15, 0.2) is 5.69 Å². The van der Waals surface area contributed by atoms with Crippen molar-refractivity contribution >= 4 is 0 Å². The molecule has 84 valence electrons. The molecule has 0 atom stereocenters. The molecule has 0 aliphatic carbocycles. The van der Waals surface area contributed by atoms with Crippen LogP contribution >= 0.6 is 0 Å². The van der Waals surface area contributed by atoms with Crippen molar-refractivity contribution in [2.24, 2.45) is 0 Å². The van der Waals surface area contributed by atoms with Gasteiger partial charge in [-0.3, -0.25) is 0 Å². The third kappa shape index (κ3) is 1.54. The van der Waals surface area contributed by atoms with Gasteiger partial charge in [0, 0.05) is 0 Å². The maximum absolute atomic E-state index is 4.38. The van der Waals surface area contributed by atoms with Gasteiger partial charge in [0.2, 0.25) is 5.82 Å². The molecule has 0 saturated carbocycles. The predicted octanol–water partition coefficient (Wildman–Crippen LogP) is 1.17. The molecule has 0 N–H and O–H groups in total. The second-order valence-electron chi connectivity index (χ2n) is 3.82. The Bertz CT molecular complexity index is 644. The largest absolute Gasteiger partial charge is 0.227 e. The summed E-state index contributed by atoms with van der Waals surface area (Å²) < 4.78 is 0. The Hall–Kier alpha value is -2.37. The van der Waals surface area contributed by atoms with E-state index in [4.69, 9.17) is 0 Å². The summed E-state index contributed by atoms with van der Waals surface area (Å²) in [6.45, 7) is 3.86. The van der Waals surface area contributed by atoms with Crippen molar-refractivity contribution in [2.75, 3.05) is 0 Å². The van der Waals surface area contributed by atoms with E-state index in [0.717, 1.165) is 16.9 Å². The van der Waals surface area contributed by atoms with Crippen LogP contribution in [0.5, 0.6) is 0 Å². The van der Waals surface area contributed by atoms with Crippen LogP contribution in [0.4, 0.5) is 0 Å². The van der Waals surface area contributed by atoms with Crippen LogP contribution in [0.3, 0.4) is 0 Å². The molecular formula is C11H10N6. The fourth-order valence-corrected chi connectivity index (χ4v) is 1.65. The van der Waals surface area contributed by atoms with Crippen LogP contribution in [-0.4, -0.2) is 30.4 Å². The lowest BCUT2D eigenvalue weighted by molar-refractivity contribution is 0.633. The van der Waals surface area contributed by atoms with Gasteiger partial charge in [-0.05, 0) is 30.7 Å². The first-order chi connectivity index (χ1) is 8.25. The number of nitrogens with zero attached hydrogens (tertiary/aromatic N) is 6. The smallest absolute Gasteiger partial charge is 0.151 e. The highest BCUT2D eigenvalue weighted by molar-refractivity contribution is 5.52. The standard InChI is InChI=1S/C11H10N6/c1-7-5-3-4-6-9(7)17-15-10-8(2)12-13-11(10)14-16-17/h3-6H,1-2H3. The lowest BCUT2D eigenvalue weighted by atomic mass is 10.2. The van der Waals surface area contributed by atoms with Gasteiger partial charge in [-0.15, -0.1) is 20.1 Å². The van der Waals surface area contributed by atoms with E-state index in [1.807, 2.05) is 38.1 Å². The number of hydrogen-bond donors (Lipinski definition) is 0. The van der Waals surface area contributed by atoms with Crippen molar-refractivity contribution < 1.29 is 0 Å². The molecule has 1 aromatic rings. The molecule has 0 aromatic heterocycles. The molecule has 6 heteroatoms. The Labute approximate surface area is 97.6 Å². The van der Waals surface area contributed by atoms with Gasteiger partial charge >= 0.3 is 0 Å². The monoisotopic (exact) mass is 226 g/mol. The third-order valence-corrected chi connectivity index (χ3v) is 2.60. The molecule has 0 fully saturated rings. The second-order valence-corrected chi connectivity index (χ2v) is 3.82. The molecular weight excluding hydrogens is 216 g/mol. The highest BCUT2D eigenvalue weighted by Crippen LogP contribution is 2.17. The molecule has 1 aromatic carbocycles. The Morgan fingerprint density at radius 2 is 1.82 bits per heavy atom. The summed E-state index contributed by atoms with van der Waals surface area (Å²) in [4.78, 5) is 1.51. The van der Waals surface area contributed by atoms with E-state index >= 15 is 0 Å². The Morgan fingerprint density at radius 1 is 1.00 bits per heavy atom. The van der Waals surface area contributed by atoms with Crippen LogP contribution in [0.15, 0.2) is 24.3 Å². The Kier molecular flexibility index (Phi) is 2.07. The summed E-state index contributed by atoms with van der Waals surface area (Å²) in [7, 11) is 0. The first-order valence-electron chi connectivity index (χ1n) is 5.25. The molecule has 3 rings (SSSR count). The zero-order valence-electron chi connectivity index (χ0n) is 9.49. The normalized spacial score (nSPS) is 10.9. The lowest BCUT2D eigenvalue weighted by Crippen LogP contribution is -2.11. The van der Waals surface area contributed by atoms with E-state index in [-0.39, 0.29) is 0 Å². The molecule has 17 heavy (non-hydrogen) atoms. The van der Waals surface area contributed by atoms with Gasteiger partial charge in [0.25, 0.3) is 0 Å². The summed E-state index contributed by atoms with van der Waals surface area (Å²) in [5.41, 5.74) is 3.44. The van der Waals surface area contributed by atoms with Crippen molar-refractivity contribution in [3.63, 3.8) is 0 Å².